The quantitative estimate of drug-likeness (QED) is 0.797. The first-order valence-corrected chi connectivity index (χ1v) is 8.00. The third kappa shape index (κ3) is 5.68. The van der Waals surface area contributed by atoms with Crippen LogP contribution in [0.1, 0.15) is 59.1 Å². The SMILES string of the molecule is CCC(NC(C)C(=O)NC(C)(C)CC)c1ccc(Cl)cc1. The van der Waals surface area contributed by atoms with Gasteiger partial charge in [-0.15, -0.1) is 0 Å². The fraction of sp³-hybridized carbons (Fsp3) is 0.588. The molecule has 0 radical (unpaired) electrons. The Kier molecular flexibility index (Phi) is 6.69. The van der Waals surface area contributed by atoms with Gasteiger partial charge in [-0.3, -0.25) is 10.1 Å². The van der Waals surface area contributed by atoms with Crippen LogP contribution in [0.2, 0.25) is 5.02 Å². The summed E-state index contributed by atoms with van der Waals surface area (Å²) in [4.78, 5) is 12.3. The Morgan fingerprint density at radius 1 is 1.24 bits per heavy atom. The molecule has 1 amide bonds. The van der Waals surface area contributed by atoms with Crippen molar-refractivity contribution in [1.82, 2.24) is 10.6 Å². The van der Waals surface area contributed by atoms with E-state index in [2.05, 4.69) is 24.5 Å². The summed E-state index contributed by atoms with van der Waals surface area (Å²) in [6.45, 7) is 10.1. The molecule has 2 N–H and O–H groups in total. The molecule has 0 aliphatic heterocycles. The van der Waals surface area contributed by atoms with Gasteiger partial charge in [0.2, 0.25) is 5.91 Å². The second-order valence-electron chi connectivity index (χ2n) is 6.13. The third-order valence-corrected chi connectivity index (χ3v) is 4.12. The minimum Gasteiger partial charge on any atom is -0.350 e. The molecule has 1 aromatic rings. The number of carbonyl (C=O) groups excluding carboxylic acids is 1. The van der Waals surface area contributed by atoms with E-state index < -0.39 is 0 Å². The van der Waals surface area contributed by atoms with E-state index in [1.165, 1.54) is 0 Å². The lowest BCUT2D eigenvalue weighted by Gasteiger charge is -2.28. The molecule has 0 heterocycles. The zero-order chi connectivity index (χ0) is 16.0. The minimum atomic E-state index is -0.239. The first-order chi connectivity index (χ1) is 9.79. The second kappa shape index (κ2) is 7.81. The molecule has 0 aromatic heterocycles. The number of benzene rings is 1. The predicted molar refractivity (Wildman–Crippen MR) is 89.6 cm³/mol. The fourth-order valence-corrected chi connectivity index (χ4v) is 2.18. The van der Waals surface area contributed by atoms with Crippen LogP contribution in [-0.2, 0) is 4.79 Å². The Labute approximate surface area is 133 Å². The molecule has 2 unspecified atom stereocenters. The summed E-state index contributed by atoms with van der Waals surface area (Å²) >= 11 is 5.92. The van der Waals surface area contributed by atoms with E-state index in [4.69, 9.17) is 11.6 Å². The molecule has 0 aliphatic carbocycles. The Morgan fingerprint density at radius 3 is 2.29 bits per heavy atom. The Bertz CT molecular complexity index is 456. The van der Waals surface area contributed by atoms with E-state index in [0.29, 0.717) is 0 Å². The largest absolute Gasteiger partial charge is 0.350 e. The molecule has 21 heavy (non-hydrogen) atoms. The van der Waals surface area contributed by atoms with Crippen LogP contribution in [0.4, 0.5) is 0 Å². The van der Waals surface area contributed by atoms with E-state index in [-0.39, 0.29) is 23.5 Å². The topological polar surface area (TPSA) is 41.1 Å². The number of nitrogens with one attached hydrogen (secondary N) is 2. The molecule has 0 spiro atoms. The highest BCUT2D eigenvalue weighted by atomic mass is 35.5. The molecular formula is C17H27ClN2O. The van der Waals surface area contributed by atoms with Gasteiger partial charge in [-0.1, -0.05) is 37.6 Å². The van der Waals surface area contributed by atoms with Gasteiger partial charge >= 0.3 is 0 Å². The van der Waals surface area contributed by atoms with Crippen LogP contribution in [0.3, 0.4) is 0 Å². The first kappa shape index (κ1) is 18.0. The van der Waals surface area contributed by atoms with Crippen molar-refractivity contribution in [2.75, 3.05) is 0 Å². The van der Waals surface area contributed by atoms with Gasteiger partial charge in [0.1, 0.15) is 0 Å². The van der Waals surface area contributed by atoms with E-state index in [1.54, 1.807) is 0 Å². The normalized spacial score (nSPS) is 14.6. The van der Waals surface area contributed by atoms with Crippen molar-refractivity contribution in [3.05, 3.63) is 34.9 Å². The average Bonchev–Trinajstić information content (AvgIpc) is 2.45. The van der Waals surface area contributed by atoms with Gasteiger partial charge in [0, 0.05) is 16.6 Å². The summed E-state index contributed by atoms with van der Waals surface area (Å²) in [7, 11) is 0. The van der Waals surface area contributed by atoms with E-state index in [0.717, 1.165) is 23.4 Å². The summed E-state index contributed by atoms with van der Waals surface area (Å²) in [6, 6.07) is 7.68. The maximum atomic E-state index is 12.3. The molecule has 0 saturated carbocycles. The maximum Gasteiger partial charge on any atom is 0.237 e. The van der Waals surface area contributed by atoms with Gasteiger partial charge in [-0.05, 0) is 51.3 Å². The van der Waals surface area contributed by atoms with Gasteiger partial charge < -0.3 is 5.32 Å². The lowest BCUT2D eigenvalue weighted by atomic mass is 10.0. The molecular weight excluding hydrogens is 284 g/mol. The highest BCUT2D eigenvalue weighted by Crippen LogP contribution is 2.20. The number of hydrogen-bond acceptors (Lipinski definition) is 2. The number of rotatable bonds is 7. The van der Waals surface area contributed by atoms with Crippen molar-refractivity contribution in [1.29, 1.82) is 0 Å². The summed E-state index contributed by atoms with van der Waals surface area (Å²) < 4.78 is 0. The Balaban J connectivity index is 2.68. The third-order valence-electron chi connectivity index (χ3n) is 3.87. The van der Waals surface area contributed by atoms with Crippen LogP contribution in [0, 0.1) is 0 Å². The molecule has 3 nitrogen and oxygen atoms in total. The zero-order valence-corrected chi connectivity index (χ0v) is 14.4. The highest BCUT2D eigenvalue weighted by Gasteiger charge is 2.23. The van der Waals surface area contributed by atoms with Crippen molar-refractivity contribution < 1.29 is 4.79 Å². The van der Waals surface area contributed by atoms with Crippen molar-refractivity contribution in [3.8, 4) is 0 Å². The molecule has 1 rings (SSSR count). The fourth-order valence-electron chi connectivity index (χ4n) is 2.05. The summed E-state index contributed by atoms with van der Waals surface area (Å²) in [5.74, 6) is 0.0364. The molecule has 0 fully saturated rings. The predicted octanol–water partition coefficient (Wildman–Crippen LogP) is 4.07. The number of carbonyl (C=O) groups is 1. The lowest BCUT2D eigenvalue weighted by Crippen LogP contribution is -2.51. The minimum absolute atomic E-state index is 0.0364. The first-order valence-electron chi connectivity index (χ1n) is 7.62. The van der Waals surface area contributed by atoms with E-state index in [1.807, 2.05) is 45.0 Å². The smallest absolute Gasteiger partial charge is 0.237 e. The van der Waals surface area contributed by atoms with E-state index in [9.17, 15) is 4.79 Å². The van der Waals surface area contributed by atoms with Gasteiger partial charge in [0.15, 0.2) is 0 Å². The van der Waals surface area contributed by atoms with Crippen molar-refractivity contribution in [3.63, 3.8) is 0 Å². The molecule has 0 aliphatic rings. The summed E-state index contributed by atoms with van der Waals surface area (Å²) in [6.07, 6.45) is 1.82. The zero-order valence-electron chi connectivity index (χ0n) is 13.7. The van der Waals surface area contributed by atoms with Crippen LogP contribution < -0.4 is 10.6 Å². The van der Waals surface area contributed by atoms with Crippen molar-refractivity contribution in [2.45, 2.75) is 65.1 Å². The van der Waals surface area contributed by atoms with Crippen LogP contribution >= 0.6 is 11.6 Å². The van der Waals surface area contributed by atoms with Gasteiger partial charge in [-0.2, -0.15) is 0 Å². The number of halogens is 1. The maximum absolute atomic E-state index is 12.3. The van der Waals surface area contributed by atoms with Gasteiger partial charge in [-0.25, -0.2) is 0 Å². The number of hydrogen-bond donors (Lipinski definition) is 2. The lowest BCUT2D eigenvalue weighted by molar-refractivity contribution is -0.124. The second-order valence-corrected chi connectivity index (χ2v) is 6.56. The van der Waals surface area contributed by atoms with Crippen LogP contribution in [-0.4, -0.2) is 17.5 Å². The van der Waals surface area contributed by atoms with Crippen LogP contribution in [0.5, 0.6) is 0 Å². The molecule has 0 saturated heterocycles. The summed E-state index contributed by atoms with van der Waals surface area (Å²) in [5.41, 5.74) is 0.978. The highest BCUT2D eigenvalue weighted by molar-refractivity contribution is 6.30. The molecule has 118 valence electrons. The monoisotopic (exact) mass is 310 g/mol. The molecule has 2 atom stereocenters. The standard InChI is InChI=1S/C17H27ClN2O/c1-6-15(13-8-10-14(18)11-9-13)19-12(3)16(21)20-17(4,5)7-2/h8-12,15,19H,6-7H2,1-5H3,(H,20,21). The molecule has 0 bridgehead atoms. The van der Waals surface area contributed by atoms with Gasteiger partial charge in [0.25, 0.3) is 0 Å². The van der Waals surface area contributed by atoms with Gasteiger partial charge in [0.05, 0.1) is 6.04 Å². The average molecular weight is 311 g/mol. The van der Waals surface area contributed by atoms with E-state index >= 15 is 0 Å². The molecule has 4 heteroatoms. The summed E-state index contributed by atoms with van der Waals surface area (Å²) in [5, 5.41) is 7.19. The molecule has 1 aromatic carbocycles. The van der Waals surface area contributed by atoms with Crippen molar-refractivity contribution >= 4 is 17.5 Å². The van der Waals surface area contributed by atoms with Crippen molar-refractivity contribution in [2.24, 2.45) is 0 Å². The number of amides is 1. The van der Waals surface area contributed by atoms with Crippen LogP contribution in [0.15, 0.2) is 24.3 Å². The Hall–Kier alpha value is -1.06. The Morgan fingerprint density at radius 2 is 1.81 bits per heavy atom. The van der Waals surface area contributed by atoms with Crippen LogP contribution in [0.25, 0.3) is 0 Å².